The van der Waals surface area contributed by atoms with Crippen LogP contribution in [0.15, 0.2) is 24.3 Å². The molecule has 0 aliphatic carbocycles. The van der Waals surface area contributed by atoms with Crippen molar-refractivity contribution in [3.8, 4) is 0 Å². The Labute approximate surface area is 93.9 Å². The van der Waals surface area contributed by atoms with Crippen molar-refractivity contribution in [1.82, 2.24) is 9.19 Å². The Bertz CT molecular complexity index is 600. The molecule has 2 nitrogen and oxygen atoms in total. The molecule has 0 saturated heterocycles. The Morgan fingerprint density at radius 1 is 1.00 bits per heavy atom. The van der Waals surface area contributed by atoms with E-state index >= 15 is 0 Å². The minimum absolute atomic E-state index is 0.189. The molecule has 1 aromatic heterocycles. The molecule has 74 valence electrons. The van der Waals surface area contributed by atoms with Crippen LogP contribution in [0, 0.1) is 13.8 Å². The number of hydrogen-bond acceptors (Lipinski definition) is 2. The molecule has 0 radical (unpaired) electrons. The van der Waals surface area contributed by atoms with Crippen LogP contribution in [-0.4, -0.2) is 23.9 Å². The number of benzene rings is 2. The normalized spacial score (nSPS) is 11.3. The van der Waals surface area contributed by atoms with Gasteiger partial charge in [-0.1, -0.05) is 0 Å². The van der Waals surface area contributed by atoms with Gasteiger partial charge in [0.05, 0.1) is 0 Å². The summed E-state index contributed by atoms with van der Waals surface area (Å²) >= 11 is 0.189. The molecule has 0 amide bonds. The third-order valence-electron chi connectivity index (χ3n) is 2.92. The second-order valence-electron chi connectivity index (χ2n) is 3.75. The summed E-state index contributed by atoms with van der Waals surface area (Å²) in [6.45, 7) is 4.32. The Morgan fingerprint density at radius 3 is 2.40 bits per heavy atom. The molecule has 0 aliphatic heterocycles. The summed E-state index contributed by atoms with van der Waals surface area (Å²) in [6.07, 6.45) is 0. The van der Waals surface area contributed by atoms with E-state index in [1.165, 1.54) is 26.2 Å². The van der Waals surface area contributed by atoms with Gasteiger partial charge < -0.3 is 0 Å². The molecule has 3 aromatic rings. The number of fused-ring (bicyclic) bond motifs is 2. The van der Waals surface area contributed by atoms with Crippen LogP contribution in [0.2, 0.25) is 0 Å². The summed E-state index contributed by atoms with van der Waals surface area (Å²) in [5.74, 6) is 0. The van der Waals surface area contributed by atoms with Gasteiger partial charge >= 0.3 is 93.7 Å². The Morgan fingerprint density at radius 2 is 1.67 bits per heavy atom. The van der Waals surface area contributed by atoms with Gasteiger partial charge in [-0.3, -0.25) is 0 Å². The van der Waals surface area contributed by atoms with Crippen molar-refractivity contribution in [1.29, 1.82) is 0 Å². The average molecular weight is 261 g/mol. The van der Waals surface area contributed by atoms with Gasteiger partial charge in [-0.2, -0.15) is 0 Å². The predicted molar refractivity (Wildman–Crippen MR) is 63.5 cm³/mol. The third kappa shape index (κ3) is 1.17. The zero-order chi connectivity index (χ0) is 10.4. The van der Waals surface area contributed by atoms with Crippen LogP contribution in [0.5, 0.6) is 0 Å². The molecule has 0 aliphatic rings. The standard InChI is InChI=1S/C12H10N2Se/c1-7-9-5-3-4-6-10(9)8(2)12-11(7)13-14-15-12/h3-6H,1-2H3. The summed E-state index contributed by atoms with van der Waals surface area (Å²) < 4.78 is 5.54. The fourth-order valence-corrected chi connectivity index (χ4v) is 3.60. The van der Waals surface area contributed by atoms with Crippen LogP contribution in [0.1, 0.15) is 11.1 Å². The molecule has 0 spiro atoms. The van der Waals surface area contributed by atoms with E-state index in [-0.39, 0.29) is 14.7 Å². The molecule has 0 N–H and O–H groups in total. The fourth-order valence-electron chi connectivity index (χ4n) is 2.07. The second kappa shape index (κ2) is 3.16. The maximum atomic E-state index is 4.26. The third-order valence-corrected chi connectivity index (χ3v) is 4.69. The first-order valence-electron chi connectivity index (χ1n) is 4.89. The number of aromatic nitrogens is 2. The van der Waals surface area contributed by atoms with Crippen LogP contribution in [0.3, 0.4) is 0 Å². The molecule has 0 atom stereocenters. The molecular formula is C12H10N2Se. The SMILES string of the molecule is Cc1c2ccccc2c(C)c2[se]nnc12. The first kappa shape index (κ1) is 9.08. The topological polar surface area (TPSA) is 25.8 Å². The van der Waals surface area contributed by atoms with Crippen molar-refractivity contribution < 1.29 is 0 Å². The Kier molecular flexibility index (Phi) is 1.91. The average Bonchev–Trinajstić information content (AvgIpc) is 2.75. The van der Waals surface area contributed by atoms with E-state index in [0.29, 0.717) is 0 Å². The van der Waals surface area contributed by atoms with Gasteiger partial charge in [-0.25, -0.2) is 0 Å². The first-order valence-corrected chi connectivity index (χ1v) is 6.51. The van der Waals surface area contributed by atoms with E-state index in [9.17, 15) is 0 Å². The molecule has 15 heavy (non-hydrogen) atoms. The van der Waals surface area contributed by atoms with Gasteiger partial charge in [0.15, 0.2) is 0 Å². The zero-order valence-corrected chi connectivity index (χ0v) is 10.3. The van der Waals surface area contributed by atoms with Gasteiger partial charge in [0.25, 0.3) is 0 Å². The van der Waals surface area contributed by atoms with E-state index in [1.807, 2.05) is 0 Å². The molecule has 0 saturated carbocycles. The minimum atomic E-state index is 0.189. The first-order chi connectivity index (χ1) is 7.29. The molecule has 3 rings (SSSR count). The quantitative estimate of drug-likeness (QED) is 0.581. The van der Waals surface area contributed by atoms with Crippen molar-refractivity contribution in [2.75, 3.05) is 0 Å². The molecular weight excluding hydrogens is 251 g/mol. The van der Waals surface area contributed by atoms with Crippen LogP contribution in [0.25, 0.3) is 20.5 Å². The van der Waals surface area contributed by atoms with E-state index in [0.717, 1.165) is 5.52 Å². The summed E-state index contributed by atoms with van der Waals surface area (Å²) in [5, 5.41) is 6.92. The summed E-state index contributed by atoms with van der Waals surface area (Å²) in [7, 11) is 0. The molecule has 0 unspecified atom stereocenters. The van der Waals surface area contributed by atoms with Crippen molar-refractivity contribution in [3.63, 3.8) is 0 Å². The summed E-state index contributed by atoms with van der Waals surface area (Å²) in [6, 6.07) is 8.53. The number of aryl methyl sites for hydroxylation is 2. The van der Waals surface area contributed by atoms with Crippen LogP contribution in [0.4, 0.5) is 0 Å². The number of nitrogens with zero attached hydrogens (tertiary/aromatic N) is 2. The Balaban J connectivity index is 2.69. The van der Waals surface area contributed by atoms with E-state index < -0.39 is 0 Å². The molecule has 3 heteroatoms. The van der Waals surface area contributed by atoms with Gasteiger partial charge in [-0.05, 0) is 0 Å². The van der Waals surface area contributed by atoms with Crippen molar-refractivity contribution in [3.05, 3.63) is 35.4 Å². The van der Waals surface area contributed by atoms with Crippen molar-refractivity contribution in [2.45, 2.75) is 13.8 Å². The zero-order valence-electron chi connectivity index (χ0n) is 8.61. The molecule has 1 heterocycles. The Hall–Kier alpha value is -1.18. The van der Waals surface area contributed by atoms with Crippen molar-refractivity contribution >= 4 is 35.3 Å². The second-order valence-corrected chi connectivity index (χ2v) is 5.33. The van der Waals surface area contributed by atoms with Gasteiger partial charge in [0.2, 0.25) is 0 Å². The molecule has 0 bridgehead atoms. The molecule has 2 aromatic carbocycles. The summed E-state index contributed by atoms with van der Waals surface area (Å²) in [5.41, 5.74) is 3.75. The molecule has 0 fully saturated rings. The predicted octanol–water partition coefficient (Wildman–Crippen LogP) is 2.46. The van der Waals surface area contributed by atoms with E-state index in [4.69, 9.17) is 0 Å². The van der Waals surface area contributed by atoms with E-state index in [2.05, 4.69) is 47.3 Å². The van der Waals surface area contributed by atoms with Gasteiger partial charge in [0.1, 0.15) is 0 Å². The van der Waals surface area contributed by atoms with Crippen LogP contribution < -0.4 is 0 Å². The van der Waals surface area contributed by atoms with E-state index in [1.54, 1.807) is 0 Å². The summed E-state index contributed by atoms with van der Waals surface area (Å²) in [4.78, 5) is 0. The van der Waals surface area contributed by atoms with Crippen LogP contribution >= 0.6 is 0 Å². The fraction of sp³-hybridized carbons (Fsp3) is 0.167. The van der Waals surface area contributed by atoms with Gasteiger partial charge in [-0.15, -0.1) is 0 Å². The number of hydrogen-bond donors (Lipinski definition) is 0. The van der Waals surface area contributed by atoms with Gasteiger partial charge in [0, 0.05) is 0 Å². The number of rotatable bonds is 0. The maximum absolute atomic E-state index is 4.26. The monoisotopic (exact) mass is 262 g/mol. The van der Waals surface area contributed by atoms with Crippen LogP contribution in [-0.2, 0) is 0 Å². The van der Waals surface area contributed by atoms with Crippen molar-refractivity contribution in [2.24, 2.45) is 0 Å².